The molecule has 0 aromatic heterocycles. The molecular weight excluding hydrogens is 390 g/mol. The summed E-state index contributed by atoms with van der Waals surface area (Å²) in [7, 11) is 0. The molecule has 4 rings (SSSR count). The molecule has 2 aliphatic rings. The van der Waals surface area contributed by atoms with Gasteiger partial charge in [-0.15, -0.1) is 0 Å². The number of amides is 1. The molecule has 0 bridgehead atoms. The average Bonchev–Trinajstić information content (AvgIpc) is 3.45. The van der Waals surface area contributed by atoms with E-state index in [0.29, 0.717) is 17.3 Å². The molecule has 0 unspecified atom stereocenters. The van der Waals surface area contributed by atoms with E-state index in [1.807, 2.05) is 66.8 Å². The van der Waals surface area contributed by atoms with Crippen molar-refractivity contribution in [1.82, 2.24) is 4.90 Å². The van der Waals surface area contributed by atoms with Crippen molar-refractivity contribution in [2.24, 2.45) is 0 Å². The molecule has 1 heterocycles. The first-order chi connectivity index (χ1) is 13.2. The number of unbranched alkanes of at least 4 members (excludes halogenated alkanes) is 3. The Kier molecular flexibility index (Phi) is 8.43. The van der Waals surface area contributed by atoms with Crippen LogP contribution in [0.25, 0.3) is 11.5 Å². The summed E-state index contributed by atoms with van der Waals surface area (Å²) in [5.41, 5.74) is 1.53. The van der Waals surface area contributed by atoms with Gasteiger partial charge in [-0.3, -0.25) is 4.79 Å². The Balaban J connectivity index is 0.000000408. The molecule has 1 amide bonds. The standard InChI is InChI=1S/C19H21NO2.C5H5.Fe/c1-2-3-4-7-13-20-18(21)16-12-8-11-15(17(16)19(20)22)14-9-5-6-10-14;1-2-4-5-3-1;/h5-6,8-12,22H,2-4,7,13H2,1H3;1-5H;/q;-1;+2/p-1. The summed E-state index contributed by atoms with van der Waals surface area (Å²) in [6.07, 6.45) is 12.0. The maximum atomic E-state index is 12.7. The number of benzene rings is 1. The van der Waals surface area contributed by atoms with Gasteiger partial charge in [0.15, 0.2) is 0 Å². The van der Waals surface area contributed by atoms with E-state index in [2.05, 4.69) is 6.92 Å². The van der Waals surface area contributed by atoms with Crippen LogP contribution in [0.4, 0.5) is 0 Å². The molecule has 0 saturated heterocycles. The first-order valence-electron chi connectivity index (χ1n) is 9.62. The summed E-state index contributed by atoms with van der Waals surface area (Å²) in [6.45, 7) is 2.67. The van der Waals surface area contributed by atoms with Gasteiger partial charge in [-0.2, -0.15) is 18.2 Å². The van der Waals surface area contributed by atoms with Gasteiger partial charge in [0.2, 0.25) is 0 Å². The van der Waals surface area contributed by atoms with Crippen molar-refractivity contribution >= 4 is 17.4 Å². The molecular formula is C24H25FeNO2. The zero-order valence-electron chi connectivity index (χ0n) is 16.1. The van der Waals surface area contributed by atoms with Gasteiger partial charge >= 0.3 is 17.1 Å². The monoisotopic (exact) mass is 415 g/mol. The second-order valence-electron chi connectivity index (χ2n) is 6.69. The summed E-state index contributed by atoms with van der Waals surface area (Å²) < 4.78 is 0. The first kappa shape index (κ1) is 21.9. The van der Waals surface area contributed by atoms with E-state index in [1.54, 1.807) is 6.07 Å². The third-order valence-corrected chi connectivity index (χ3v) is 4.76. The average molecular weight is 415 g/mol. The van der Waals surface area contributed by atoms with Crippen LogP contribution in [0.5, 0.6) is 0 Å². The van der Waals surface area contributed by atoms with Crippen LogP contribution in [-0.2, 0) is 17.1 Å². The molecule has 0 N–H and O–H groups in total. The van der Waals surface area contributed by atoms with Crippen molar-refractivity contribution < 1.29 is 27.0 Å². The van der Waals surface area contributed by atoms with E-state index in [1.165, 1.54) is 4.90 Å². The molecule has 0 saturated carbocycles. The number of hydrogen-bond acceptors (Lipinski definition) is 2. The van der Waals surface area contributed by atoms with Crippen LogP contribution in [0, 0.1) is 0 Å². The molecule has 4 heteroatoms. The Labute approximate surface area is 177 Å². The quantitative estimate of drug-likeness (QED) is 0.428. The number of allylic oxidation sites excluding steroid dienone is 4. The van der Waals surface area contributed by atoms with Crippen molar-refractivity contribution in [2.75, 3.05) is 6.54 Å². The molecule has 0 spiro atoms. The summed E-state index contributed by atoms with van der Waals surface area (Å²) >= 11 is 0. The number of hydrogen-bond donors (Lipinski definition) is 0. The zero-order chi connectivity index (χ0) is 19.1. The summed E-state index contributed by atoms with van der Waals surface area (Å²) in [5.74, 6) is -0.293. The molecule has 146 valence electrons. The Morgan fingerprint density at radius 2 is 1.71 bits per heavy atom. The van der Waals surface area contributed by atoms with E-state index in [0.717, 1.165) is 36.5 Å². The van der Waals surface area contributed by atoms with Gasteiger partial charge in [0.25, 0.3) is 5.91 Å². The summed E-state index contributed by atoms with van der Waals surface area (Å²) in [6, 6.07) is 15.5. The van der Waals surface area contributed by atoms with E-state index in [4.69, 9.17) is 0 Å². The van der Waals surface area contributed by atoms with Gasteiger partial charge in [0, 0.05) is 17.3 Å². The topological polar surface area (TPSA) is 43.4 Å². The summed E-state index contributed by atoms with van der Waals surface area (Å²) in [4.78, 5) is 13.9. The predicted molar refractivity (Wildman–Crippen MR) is 108 cm³/mol. The van der Waals surface area contributed by atoms with Gasteiger partial charge in [-0.1, -0.05) is 62.6 Å². The molecule has 3 nitrogen and oxygen atoms in total. The van der Waals surface area contributed by atoms with Gasteiger partial charge in [0.1, 0.15) is 0 Å². The minimum Gasteiger partial charge on any atom is -0.860 e. The van der Waals surface area contributed by atoms with Crippen LogP contribution in [-0.4, -0.2) is 17.4 Å². The minimum absolute atomic E-state index is 0. The maximum Gasteiger partial charge on any atom is 2.00 e. The van der Waals surface area contributed by atoms with Gasteiger partial charge < -0.3 is 10.0 Å². The number of rotatable bonds is 5. The molecule has 1 aliphatic carbocycles. The van der Waals surface area contributed by atoms with Crippen molar-refractivity contribution in [1.29, 1.82) is 0 Å². The van der Waals surface area contributed by atoms with E-state index in [-0.39, 0.29) is 28.9 Å². The molecule has 0 fully saturated rings. The number of nitrogens with zero attached hydrogens (tertiary/aromatic N) is 1. The fourth-order valence-corrected chi connectivity index (χ4v) is 3.35. The Morgan fingerprint density at radius 1 is 1.00 bits per heavy atom. The van der Waals surface area contributed by atoms with E-state index < -0.39 is 0 Å². The van der Waals surface area contributed by atoms with Gasteiger partial charge in [-0.25, -0.2) is 12.1 Å². The molecule has 2 aromatic carbocycles. The van der Waals surface area contributed by atoms with Crippen LogP contribution in [0.15, 0.2) is 72.8 Å². The van der Waals surface area contributed by atoms with Crippen molar-refractivity contribution in [3.8, 4) is 0 Å². The molecule has 2 aromatic rings. The Hall–Kier alpha value is -2.42. The normalized spacial score (nSPS) is 14.0. The van der Waals surface area contributed by atoms with Gasteiger partial charge in [0.05, 0.1) is 0 Å². The fourth-order valence-electron chi connectivity index (χ4n) is 3.35. The predicted octanol–water partition coefficient (Wildman–Crippen LogP) is 2.83. The van der Waals surface area contributed by atoms with E-state index >= 15 is 0 Å². The van der Waals surface area contributed by atoms with Gasteiger partial charge in [-0.05, 0) is 29.2 Å². The number of fused-ring (bicyclic) bond motifs is 1. The van der Waals surface area contributed by atoms with E-state index in [9.17, 15) is 9.90 Å². The summed E-state index contributed by atoms with van der Waals surface area (Å²) in [5, 5.41) is 14.1. The molecule has 28 heavy (non-hydrogen) atoms. The van der Waals surface area contributed by atoms with Crippen molar-refractivity contribution in [3.05, 3.63) is 88.8 Å². The molecule has 0 atom stereocenters. The van der Waals surface area contributed by atoms with Crippen LogP contribution in [0.2, 0.25) is 0 Å². The SMILES string of the molecule is CCCCCCN1C(=O)c2cccc(=C3C=CC=C3)c2=C1[O-].[Fe+2].c1cc[cH-]c1. The largest absolute Gasteiger partial charge is 2.00 e. The Morgan fingerprint density at radius 3 is 2.32 bits per heavy atom. The van der Waals surface area contributed by atoms with Crippen LogP contribution >= 0.6 is 0 Å². The molecule has 0 radical (unpaired) electrons. The van der Waals surface area contributed by atoms with Crippen molar-refractivity contribution in [2.45, 2.75) is 32.6 Å². The number of carbonyl (C=O) groups is 1. The second kappa shape index (κ2) is 10.8. The third-order valence-electron chi connectivity index (χ3n) is 4.76. The Bertz CT molecular complexity index is 924. The first-order valence-corrected chi connectivity index (χ1v) is 9.62. The van der Waals surface area contributed by atoms with Crippen LogP contribution < -0.4 is 15.5 Å². The number of carbonyl (C=O) groups excluding carboxylic acids is 1. The fraction of sp³-hybridized carbons (Fsp3) is 0.250. The van der Waals surface area contributed by atoms with Crippen LogP contribution in [0.3, 0.4) is 0 Å². The minimum atomic E-state index is -0.148. The van der Waals surface area contributed by atoms with Crippen molar-refractivity contribution in [3.63, 3.8) is 0 Å². The third kappa shape index (κ3) is 4.89. The maximum absolute atomic E-state index is 12.7. The zero-order valence-corrected chi connectivity index (χ0v) is 17.2. The molecule has 1 aliphatic heterocycles. The van der Waals surface area contributed by atoms with Crippen LogP contribution in [0.1, 0.15) is 43.0 Å². The smallest absolute Gasteiger partial charge is 0.860 e. The second-order valence-corrected chi connectivity index (χ2v) is 6.69.